The summed E-state index contributed by atoms with van der Waals surface area (Å²) in [5.74, 6) is -1.68. The summed E-state index contributed by atoms with van der Waals surface area (Å²) < 4.78 is 43.4. The van der Waals surface area contributed by atoms with E-state index >= 15 is 0 Å². The normalized spacial score (nSPS) is 27.6. The van der Waals surface area contributed by atoms with Gasteiger partial charge in [-0.3, -0.25) is 0 Å². The molecule has 2 aliphatic rings. The highest BCUT2D eigenvalue weighted by molar-refractivity contribution is 5.85. The van der Waals surface area contributed by atoms with Gasteiger partial charge in [0.15, 0.2) is 0 Å². The van der Waals surface area contributed by atoms with Crippen molar-refractivity contribution in [1.82, 2.24) is 0 Å². The first-order chi connectivity index (χ1) is 8.29. The summed E-state index contributed by atoms with van der Waals surface area (Å²) in [6.45, 7) is 3.86. The van der Waals surface area contributed by atoms with Crippen molar-refractivity contribution < 1.29 is 22.7 Å². The Kier molecular flexibility index (Phi) is 3.09. The Morgan fingerprint density at radius 1 is 1.33 bits per heavy atom. The van der Waals surface area contributed by atoms with Crippen molar-refractivity contribution in [2.45, 2.75) is 26.1 Å². The molecule has 0 bridgehead atoms. The second-order valence-corrected chi connectivity index (χ2v) is 4.71. The second-order valence-electron chi connectivity index (χ2n) is 4.71. The van der Waals surface area contributed by atoms with E-state index in [-0.39, 0.29) is 5.92 Å². The number of alkyl halides is 3. The zero-order chi connectivity index (χ0) is 13.5. The van der Waals surface area contributed by atoms with Crippen LogP contribution < -0.4 is 0 Å². The average molecular weight is 258 g/mol. The predicted octanol–water partition coefficient (Wildman–Crippen LogP) is 3.17. The first-order valence-corrected chi connectivity index (χ1v) is 5.68. The number of allylic oxidation sites excluding steroid dienone is 2. The largest absolute Gasteiger partial charge is 0.454 e. The molecule has 1 aliphatic heterocycles. The molecule has 0 aromatic heterocycles. The van der Waals surface area contributed by atoms with E-state index in [1.165, 1.54) is 6.08 Å². The van der Waals surface area contributed by atoms with Crippen molar-refractivity contribution in [3.05, 3.63) is 35.5 Å². The van der Waals surface area contributed by atoms with Crippen LogP contribution >= 0.6 is 0 Å². The van der Waals surface area contributed by atoms with Crippen LogP contribution in [0.2, 0.25) is 0 Å². The molecule has 0 saturated heterocycles. The smallest absolute Gasteiger partial charge is 0.413 e. The summed E-state index contributed by atoms with van der Waals surface area (Å²) in [6.07, 6.45) is -0.0701. The number of rotatable bonds is 1. The van der Waals surface area contributed by atoms with Gasteiger partial charge in [-0.15, -0.1) is 0 Å². The molecule has 2 unspecified atom stereocenters. The van der Waals surface area contributed by atoms with E-state index in [4.69, 9.17) is 4.74 Å². The molecule has 1 aliphatic carbocycles. The summed E-state index contributed by atoms with van der Waals surface area (Å²) in [4.78, 5) is 11.2. The Labute approximate surface area is 103 Å². The maximum atomic E-state index is 12.8. The van der Waals surface area contributed by atoms with Gasteiger partial charge in [0.2, 0.25) is 0 Å². The highest BCUT2D eigenvalue weighted by Gasteiger charge is 2.45. The molecule has 0 aromatic carbocycles. The number of esters is 1. The Bertz CT molecular complexity index is 455. The maximum Gasteiger partial charge on any atom is 0.413 e. The summed E-state index contributed by atoms with van der Waals surface area (Å²) in [5, 5.41) is 0. The van der Waals surface area contributed by atoms with Gasteiger partial charge in [-0.1, -0.05) is 26.0 Å². The monoisotopic (exact) mass is 258 g/mol. The maximum absolute atomic E-state index is 12.8. The summed E-state index contributed by atoms with van der Waals surface area (Å²) in [5.41, 5.74) is 0.0477. The lowest BCUT2D eigenvalue weighted by molar-refractivity contribution is -0.149. The summed E-state index contributed by atoms with van der Waals surface area (Å²) in [6, 6.07) is 0. The third-order valence-corrected chi connectivity index (χ3v) is 3.09. The SMILES string of the molecule is CC(C)C1=CC2OC(=O)C=C(C(F)(F)F)C2C=C1. The van der Waals surface area contributed by atoms with Gasteiger partial charge < -0.3 is 4.74 Å². The van der Waals surface area contributed by atoms with Crippen molar-refractivity contribution >= 4 is 5.97 Å². The molecule has 1 heterocycles. The molecule has 0 amide bonds. The van der Waals surface area contributed by atoms with Crippen LogP contribution in [0.5, 0.6) is 0 Å². The molecular weight excluding hydrogens is 245 g/mol. The molecule has 0 aromatic rings. The van der Waals surface area contributed by atoms with Crippen molar-refractivity contribution in [1.29, 1.82) is 0 Å². The molecule has 0 saturated carbocycles. The Morgan fingerprint density at radius 3 is 2.56 bits per heavy atom. The molecular formula is C13H13F3O2. The van der Waals surface area contributed by atoms with E-state index in [2.05, 4.69) is 0 Å². The molecule has 2 nitrogen and oxygen atoms in total. The van der Waals surface area contributed by atoms with Gasteiger partial charge in [-0.25, -0.2) is 4.79 Å². The van der Waals surface area contributed by atoms with Gasteiger partial charge in [0.25, 0.3) is 0 Å². The van der Waals surface area contributed by atoms with E-state index in [0.29, 0.717) is 6.08 Å². The van der Waals surface area contributed by atoms with E-state index in [0.717, 1.165) is 5.57 Å². The third-order valence-electron chi connectivity index (χ3n) is 3.09. The lowest BCUT2D eigenvalue weighted by Gasteiger charge is -2.32. The average Bonchev–Trinajstić information content (AvgIpc) is 2.25. The fraction of sp³-hybridized carbons (Fsp3) is 0.462. The number of hydrogen-bond acceptors (Lipinski definition) is 2. The minimum Gasteiger partial charge on any atom is -0.454 e. The molecule has 98 valence electrons. The lowest BCUT2D eigenvalue weighted by atomic mass is 9.83. The van der Waals surface area contributed by atoms with Crippen LogP contribution in [0, 0.1) is 11.8 Å². The summed E-state index contributed by atoms with van der Waals surface area (Å²) in [7, 11) is 0. The molecule has 18 heavy (non-hydrogen) atoms. The Hall–Kier alpha value is -1.52. The fourth-order valence-corrected chi connectivity index (χ4v) is 2.11. The van der Waals surface area contributed by atoms with Crippen LogP contribution in [0.3, 0.4) is 0 Å². The highest BCUT2D eigenvalue weighted by Crippen LogP contribution is 2.40. The van der Waals surface area contributed by atoms with Gasteiger partial charge in [0.05, 0.1) is 5.57 Å². The number of fused-ring (bicyclic) bond motifs is 1. The molecule has 2 atom stereocenters. The number of carbonyl (C=O) groups excluding carboxylic acids is 1. The van der Waals surface area contributed by atoms with E-state index < -0.39 is 29.7 Å². The fourth-order valence-electron chi connectivity index (χ4n) is 2.11. The van der Waals surface area contributed by atoms with Crippen LogP contribution in [-0.4, -0.2) is 18.2 Å². The van der Waals surface area contributed by atoms with Crippen molar-refractivity contribution in [3.63, 3.8) is 0 Å². The molecule has 5 heteroatoms. The second kappa shape index (κ2) is 4.30. The molecule has 0 spiro atoms. The van der Waals surface area contributed by atoms with E-state index in [1.807, 2.05) is 13.8 Å². The van der Waals surface area contributed by atoms with Gasteiger partial charge in [-0.05, 0) is 17.6 Å². The topological polar surface area (TPSA) is 26.3 Å². The van der Waals surface area contributed by atoms with Crippen molar-refractivity contribution in [2.75, 3.05) is 0 Å². The minimum atomic E-state index is -4.50. The van der Waals surface area contributed by atoms with E-state index in [1.54, 1.807) is 12.2 Å². The first-order valence-electron chi connectivity index (χ1n) is 5.68. The molecule has 0 fully saturated rings. The zero-order valence-electron chi connectivity index (χ0n) is 9.99. The van der Waals surface area contributed by atoms with Crippen LogP contribution in [0.4, 0.5) is 13.2 Å². The minimum absolute atomic E-state index is 0.182. The number of halogens is 3. The van der Waals surface area contributed by atoms with Crippen molar-refractivity contribution in [3.8, 4) is 0 Å². The Balaban J connectivity index is 2.36. The van der Waals surface area contributed by atoms with Crippen LogP contribution in [0.1, 0.15) is 13.8 Å². The van der Waals surface area contributed by atoms with Gasteiger partial charge in [0, 0.05) is 12.0 Å². The van der Waals surface area contributed by atoms with Crippen LogP contribution in [0.15, 0.2) is 35.5 Å². The van der Waals surface area contributed by atoms with E-state index in [9.17, 15) is 18.0 Å². The van der Waals surface area contributed by atoms with Crippen LogP contribution in [-0.2, 0) is 9.53 Å². The lowest BCUT2D eigenvalue weighted by Crippen LogP contribution is -2.36. The Morgan fingerprint density at radius 2 is 2.00 bits per heavy atom. The number of hydrogen-bond donors (Lipinski definition) is 0. The van der Waals surface area contributed by atoms with Gasteiger partial charge in [0.1, 0.15) is 6.10 Å². The summed E-state index contributed by atoms with van der Waals surface area (Å²) >= 11 is 0. The van der Waals surface area contributed by atoms with Crippen LogP contribution in [0.25, 0.3) is 0 Å². The van der Waals surface area contributed by atoms with Gasteiger partial charge in [-0.2, -0.15) is 13.2 Å². The standard InChI is InChI=1S/C13H13F3O2/c1-7(2)8-3-4-9-10(13(14,15)16)6-12(17)18-11(9)5-8/h3-7,9,11H,1-2H3. The molecule has 0 N–H and O–H groups in total. The molecule has 0 radical (unpaired) electrons. The van der Waals surface area contributed by atoms with Crippen molar-refractivity contribution in [2.24, 2.45) is 11.8 Å². The number of ether oxygens (including phenoxy) is 1. The highest BCUT2D eigenvalue weighted by atomic mass is 19.4. The first kappa shape index (κ1) is 12.9. The third kappa shape index (κ3) is 2.35. The zero-order valence-corrected chi connectivity index (χ0v) is 9.99. The van der Waals surface area contributed by atoms with Gasteiger partial charge >= 0.3 is 12.1 Å². The number of carbonyl (C=O) groups is 1. The quantitative estimate of drug-likeness (QED) is 0.675. The molecule has 2 rings (SSSR count). The predicted molar refractivity (Wildman–Crippen MR) is 59.6 cm³/mol.